The molecule has 0 saturated heterocycles. The van der Waals surface area contributed by atoms with Gasteiger partial charge in [-0.25, -0.2) is 0 Å². The van der Waals surface area contributed by atoms with Crippen molar-refractivity contribution in [1.82, 2.24) is 4.90 Å². The summed E-state index contributed by atoms with van der Waals surface area (Å²) in [4.78, 5) is 23.6. The Kier molecular flexibility index (Phi) is 5.25. The van der Waals surface area contributed by atoms with Crippen molar-refractivity contribution >= 4 is 17.3 Å². The monoisotopic (exact) mass is 266 g/mol. The van der Waals surface area contributed by atoms with Crippen molar-refractivity contribution < 1.29 is 9.72 Å². The lowest BCUT2D eigenvalue weighted by molar-refractivity contribution is -0.384. The molecule has 19 heavy (non-hydrogen) atoms. The van der Waals surface area contributed by atoms with Crippen molar-refractivity contribution in [2.45, 2.75) is 6.42 Å². The van der Waals surface area contributed by atoms with E-state index in [0.29, 0.717) is 24.3 Å². The molecule has 1 rings (SSSR count). The number of nitrogens with one attached hydrogen (secondary N) is 1. The fourth-order valence-electron chi connectivity index (χ4n) is 1.55. The average Bonchev–Trinajstić information content (AvgIpc) is 2.38. The number of amides is 1. The number of carbonyl (C=O) groups excluding carboxylic acids is 1. The van der Waals surface area contributed by atoms with Crippen molar-refractivity contribution in [3.63, 3.8) is 0 Å². The van der Waals surface area contributed by atoms with Crippen LogP contribution in [-0.4, -0.2) is 42.9 Å². The molecule has 7 nitrogen and oxygen atoms in total. The fourth-order valence-corrected chi connectivity index (χ4v) is 1.55. The maximum Gasteiger partial charge on any atom is 0.293 e. The third-order valence-corrected chi connectivity index (χ3v) is 2.54. The van der Waals surface area contributed by atoms with Crippen LogP contribution >= 0.6 is 0 Å². The topological polar surface area (TPSA) is 102 Å². The Hall–Kier alpha value is -2.15. The van der Waals surface area contributed by atoms with E-state index in [1.54, 1.807) is 26.2 Å². The first-order chi connectivity index (χ1) is 8.97. The van der Waals surface area contributed by atoms with Crippen LogP contribution in [0, 0.1) is 10.1 Å². The molecule has 0 spiro atoms. The fraction of sp³-hybridized carbons (Fsp3) is 0.417. The van der Waals surface area contributed by atoms with Gasteiger partial charge in [-0.3, -0.25) is 14.9 Å². The molecule has 7 heteroatoms. The summed E-state index contributed by atoms with van der Waals surface area (Å²) in [5.74, 6) is -0.267. The minimum absolute atomic E-state index is 0.107. The number of nitrogens with zero attached hydrogens (tertiary/aromatic N) is 2. The first-order valence-electron chi connectivity index (χ1n) is 5.91. The molecule has 1 aromatic rings. The Morgan fingerprint density at radius 1 is 1.47 bits per heavy atom. The number of benzene rings is 1. The second kappa shape index (κ2) is 6.69. The summed E-state index contributed by atoms with van der Waals surface area (Å²) in [6.07, 6.45) is 0.718. The predicted octanol–water partition coefficient (Wildman–Crippen LogP) is 1.06. The van der Waals surface area contributed by atoms with Crippen LogP contribution in [0.2, 0.25) is 0 Å². The van der Waals surface area contributed by atoms with Crippen molar-refractivity contribution in [3.05, 3.63) is 33.9 Å². The van der Waals surface area contributed by atoms with Crippen LogP contribution in [0.1, 0.15) is 16.8 Å². The summed E-state index contributed by atoms with van der Waals surface area (Å²) in [5.41, 5.74) is 5.95. The molecule has 104 valence electrons. The highest BCUT2D eigenvalue weighted by atomic mass is 16.6. The van der Waals surface area contributed by atoms with Crippen molar-refractivity contribution in [1.29, 1.82) is 0 Å². The standard InChI is InChI=1S/C12H18N4O3/c1-15(2)12(17)9-4-5-10(14-7-3-6-13)11(8-9)16(18)19/h4-5,8,14H,3,6-7,13H2,1-2H3. The van der Waals surface area contributed by atoms with Gasteiger partial charge in [0.15, 0.2) is 0 Å². The average molecular weight is 266 g/mol. The Morgan fingerprint density at radius 3 is 2.68 bits per heavy atom. The smallest absolute Gasteiger partial charge is 0.293 e. The number of carbonyl (C=O) groups is 1. The number of nitro benzene ring substituents is 1. The summed E-state index contributed by atoms with van der Waals surface area (Å²) in [5, 5.41) is 14.0. The number of hydrogen-bond donors (Lipinski definition) is 2. The summed E-state index contributed by atoms with van der Waals surface area (Å²) in [6.45, 7) is 1.07. The molecule has 0 saturated carbocycles. The predicted molar refractivity (Wildman–Crippen MR) is 73.3 cm³/mol. The Labute approximate surface area is 111 Å². The molecule has 0 fully saturated rings. The lowest BCUT2D eigenvalue weighted by Crippen LogP contribution is -2.21. The zero-order chi connectivity index (χ0) is 14.4. The maximum atomic E-state index is 11.8. The second-order valence-electron chi connectivity index (χ2n) is 4.26. The van der Waals surface area contributed by atoms with E-state index in [-0.39, 0.29) is 11.6 Å². The van der Waals surface area contributed by atoms with Gasteiger partial charge >= 0.3 is 0 Å². The van der Waals surface area contributed by atoms with Crippen LogP contribution in [0.25, 0.3) is 0 Å². The molecule has 3 N–H and O–H groups in total. The second-order valence-corrected chi connectivity index (χ2v) is 4.26. The highest BCUT2D eigenvalue weighted by molar-refractivity contribution is 5.95. The molecular formula is C12H18N4O3. The highest BCUT2D eigenvalue weighted by Gasteiger charge is 2.18. The molecule has 1 amide bonds. The van der Waals surface area contributed by atoms with Crippen molar-refractivity contribution in [2.75, 3.05) is 32.5 Å². The van der Waals surface area contributed by atoms with E-state index in [2.05, 4.69) is 5.32 Å². The number of nitrogens with two attached hydrogens (primary N) is 1. The van der Waals surface area contributed by atoms with Gasteiger partial charge in [0.05, 0.1) is 4.92 Å². The molecule has 0 aromatic heterocycles. The quantitative estimate of drug-likeness (QED) is 0.455. The van der Waals surface area contributed by atoms with Crippen molar-refractivity contribution in [2.24, 2.45) is 5.73 Å². The number of anilines is 1. The molecule has 0 aliphatic rings. The summed E-state index contributed by atoms with van der Waals surface area (Å²) >= 11 is 0. The summed E-state index contributed by atoms with van der Waals surface area (Å²) in [6, 6.07) is 4.40. The molecule has 0 atom stereocenters. The van der Waals surface area contributed by atoms with Gasteiger partial charge in [-0.05, 0) is 25.1 Å². The van der Waals surface area contributed by atoms with Crippen LogP contribution in [0.15, 0.2) is 18.2 Å². The third kappa shape index (κ3) is 3.92. The van der Waals surface area contributed by atoms with E-state index in [1.165, 1.54) is 11.0 Å². The van der Waals surface area contributed by atoms with Gasteiger partial charge in [-0.1, -0.05) is 0 Å². The lowest BCUT2D eigenvalue weighted by atomic mass is 10.1. The Morgan fingerprint density at radius 2 is 2.16 bits per heavy atom. The maximum absolute atomic E-state index is 11.8. The van der Waals surface area contributed by atoms with E-state index in [0.717, 1.165) is 6.42 Å². The number of hydrogen-bond acceptors (Lipinski definition) is 5. The van der Waals surface area contributed by atoms with Crippen LogP contribution in [0.5, 0.6) is 0 Å². The molecule has 0 radical (unpaired) electrons. The van der Waals surface area contributed by atoms with E-state index in [1.807, 2.05) is 0 Å². The van der Waals surface area contributed by atoms with E-state index < -0.39 is 4.92 Å². The van der Waals surface area contributed by atoms with Crippen LogP contribution in [-0.2, 0) is 0 Å². The molecule has 0 bridgehead atoms. The third-order valence-electron chi connectivity index (χ3n) is 2.54. The largest absolute Gasteiger partial charge is 0.379 e. The minimum atomic E-state index is -0.503. The molecular weight excluding hydrogens is 248 g/mol. The zero-order valence-electron chi connectivity index (χ0n) is 11.0. The van der Waals surface area contributed by atoms with Gasteiger partial charge in [-0.15, -0.1) is 0 Å². The molecule has 0 unspecified atom stereocenters. The van der Waals surface area contributed by atoms with Crippen LogP contribution in [0.4, 0.5) is 11.4 Å². The van der Waals surface area contributed by atoms with Gasteiger partial charge in [0.1, 0.15) is 5.69 Å². The lowest BCUT2D eigenvalue weighted by Gasteiger charge is -2.11. The summed E-state index contributed by atoms with van der Waals surface area (Å²) in [7, 11) is 3.20. The normalized spacial score (nSPS) is 10.1. The highest BCUT2D eigenvalue weighted by Crippen LogP contribution is 2.25. The molecule has 0 aliphatic carbocycles. The molecule has 0 heterocycles. The number of rotatable bonds is 6. The SMILES string of the molecule is CN(C)C(=O)c1ccc(NCCCN)c([N+](=O)[O-])c1. The summed E-state index contributed by atoms with van der Waals surface area (Å²) < 4.78 is 0. The van der Waals surface area contributed by atoms with Gasteiger partial charge in [-0.2, -0.15) is 0 Å². The van der Waals surface area contributed by atoms with E-state index >= 15 is 0 Å². The first kappa shape index (κ1) is 14.9. The van der Waals surface area contributed by atoms with Crippen molar-refractivity contribution in [3.8, 4) is 0 Å². The van der Waals surface area contributed by atoms with E-state index in [9.17, 15) is 14.9 Å². The van der Waals surface area contributed by atoms with Gasteiger partial charge in [0, 0.05) is 32.3 Å². The van der Waals surface area contributed by atoms with Crippen LogP contribution in [0.3, 0.4) is 0 Å². The van der Waals surface area contributed by atoms with Gasteiger partial charge in [0.2, 0.25) is 0 Å². The Bertz CT molecular complexity index is 474. The Balaban J connectivity index is 3.01. The van der Waals surface area contributed by atoms with Gasteiger partial charge < -0.3 is 16.0 Å². The number of nitro groups is 1. The minimum Gasteiger partial charge on any atom is -0.379 e. The zero-order valence-corrected chi connectivity index (χ0v) is 11.0. The van der Waals surface area contributed by atoms with Gasteiger partial charge in [0.25, 0.3) is 11.6 Å². The molecule has 0 aliphatic heterocycles. The molecule has 1 aromatic carbocycles. The van der Waals surface area contributed by atoms with E-state index in [4.69, 9.17) is 5.73 Å². The van der Waals surface area contributed by atoms with Crippen LogP contribution < -0.4 is 11.1 Å². The first-order valence-corrected chi connectivity index (χ1v) is 5.91.